The Labute approximate surface area is 155 Å². The fourth-order valence-electron chi connectivity index (χ4n) is 3.69. The van der Waals surface area contributed by atoms with Gasteiger partial charge >= 0.3 is 0 Å². The molecule has 1 aromatic carbocycles. The van der Waals surface area contributed by atoms with Gasteiger partial charge in [0.2, 0.25) is 5.91 Å². The molecule has 0 aromatic heterocycles. The quantitative estimate of drug-likeness (QED) is 0.871. The van der Waals surface area contributed by atoms with E-state index >= 15 is 0 Å². The zero-order chi connectivity index (χ0) is 18.5. The monoisotopic (exact) mass is 359 g/mol. The predicted octanol–water partition coefficient (Wildman–Crippen LogP) is 1.82. The van der Waals surface area contributed by atoms with Crippen LogP contribution in [0, 0.1) is 6.92 Å². The number of piperazine rings is 1. The van der Waals surface area contributed by atoms with Crippen molar-refractivity contribution < 1.29 is 14.3 Å². The van der Waals surface area contributed by atoms with Crippen molar-refractivity contribution >= 4 is 17.5 Å². The van der Waals surface area contributed by atoms with Crippen LogP contribution < -0.4 is 5.32 Å². The van der Waals surface area contributed by atoms with Crippen molar-refractivity contribution in [3.8, 4) is 0 Å². The first-order valence-corrected chi connectivity index (χ1v) is 9.59. The van der Waals surface area contributed by atoms with Crippen molar-refractivity contribution in [1.29, 1.82) is 0 Å². The molecular formula is C20H29N3O3. The zero-order valence-electron chi connectivity index (χ0n) is 15.8. The molecule has 2 aliphatic heterocycles. The number of para-hydroxylation sites is 1. The van der Waals surface area contributed by atoms with E-state index in [0.717, 1.165) is 49.2 Å². The van der Waals surface area contributed by atoms with E-state index in [2.05, 4.69) is 23.2 Å². The van der Waals surface area contributed by atoms with E-state index in [0.29, 0.717) is 26.2 Å². The molecule has 142 valence electrons. The van der Waals surface area contributed by atoms with Gasteiger partial charge in [-0.05, 0) is 37.3 Å². The lowest BCUT2D eigenvalue weighted by molar-refractivity contribution is -0.142. The molecule has 1 unspecified atom stereocenters. The van der Waals surface area contributed by atoms with Gasteiger partial charge in [-0.15, -0.1) is 0 Å². The van der Waals surface area contributed by atoms with E-state index < -0.39 is 0 Å². The van der Waals surface area contributed by atoms with Crippen molar-refractivity contribution in [2.45, 2.75) is 39.2 Å². The second-order valence-electron chi connectivity index (χ2n) is 7.11. The molecule has 3 rings (SSSR count). The highest BCUT2D eigenvalue weighted by atomic mass is 16.5. The summed E-state index contributed by atoms with van der Waals surface area (Å²) in [6, 6.07) is 6.09. The smallest absolute Gasteiger partial charge is 0.251 e. The average Bonchev–Trinajstić information content (AvgIpc) is 3.18. The lowest BCUT2D eigenvalue weighted by Crippen LogP contribution is -2.52. The Morgan fingerprint density at radius 3 is 2.65 bits per heavy atom. The first-order chi connectivity index (χ1) is 12.6. The number of anilines is 1. The molecule has 6 heteroatoms. The molecule has 2 heterocycles. The maximum Gasteiger partial charge on any atom is 0.251 e. The summed E-state index contributed by atoms with van der Waals surface area (Å²) < 4.78 is 5.49. The van der Waals surface area contributed by atoms with Gasteiger partial charge in [0.1, 0.15) is 6.10 Å². The molecule has 2 fully saturated rings. The lowest BCUT2D eigenvalue weighted by atomic mass is 10.1. The van der Waals surface area contributed by atoms with Crippen LogP contribution in [0.4, 0.5) is 5.69 Å². The highest BCUT2D eigenvalue weighted by molar-refractivity contribution is 5.93. The maximum atomic E-state index is 12.5. The van der Waals surface area contributed by atoms with Crippen LogP contribution in [0.3, 0.4) is 0 Å². The first kappa shape index (κ1) is 18.9. The molecular weight excluding hydrogens is 330 g/mol. The van der Waals surface area contributed by atoms with E-state index in [9.17, 15) is 9.59 Å². The topological polar surface area (TPSA) is 61.9 Å². The number of ether oxygens (including phenoxy) is 1. The zero-order valence-corrected chi connectivity index (χ0v) is 15.8. The Hall–Kier alpha value is -1.92. The van der Waals surface area contributed by atoms with Crippen LogP contribution in [0.5, 0.6) is 0 Å². The van der Waals surface area contributed by atoms with Crippen LogP contribution in [0.2, 0.25) is 0 Å². The number of aryl methyl sites for hydroxylation is 2. The highest BCUT2D eigenvalue weighted by Gasteiger charge is 2.30. The van der Waals surface area contributed by atoms with E-state index in [1.165, 1.54) is 0 Å². The lowest BCUT2D eigenvalue weighted by Gasteiger charge is -2.35. The van der Waals surface area contributed by atoms with E-state index in [1.54, 1.807) is 0 Å². The number of carbonyl (C=O) groups is 2. The van der Waals surface area contributed by atoms with Crippen LogP contribution in [0.15, 0.2) is 18.2 Å². The summed E-state index contributed by atoms with van der Waals surface area (Å²) in [6.07, 6.45) is 2.44. The van der Waals surface area contributed by atoms with Gasteiger partial charge in [-0.25, -0.2) is 0 Å². The molecule has 2 amide bonds. The summed E-state index contributed by atoms with van der Waals surface area (Å²) in [7, 11) is 0. The van der Waals surface area contributed by atoms with Crippen LogP contribution >= 0.6 is 0 Å². The number of amides is 2. The molecule has 2 saturated heterocycles. The molecule has 0 radical (unpaired) electrons. The fraction of sp³-hybridized carbons (Fsp3) is 0.600. The van der Waals surface area contributed by atoms with Gasteiger partial charge in [-0.2, -0.15) is 0 Å². The molecule has 6 nitrogen and oxygen atoms in total. The molecule has 1 atom stereocenters. The summed E-state index contributed by atoms with van der Waals surface area (Å²) in [4.78, 5) is 28.8. The number of benzene rings is 1. The molecule has 0 saturated carbocycles. The molecule has 0 aliphatic carbocycles. The summed E-state index contributed by atoms with van der Waals surface area (Å²) in [5, 5.41) is 3.07. The third kappa shape index (κ3) is 4.43. The largest absolute Gasteiger partial charge is 0.368 e. The molecule has 1 aromatic rings. The van der Waals surface area contributed by atoms with Crippen molar-refractivity contribution in [2.24, 2.45) is 0 Å². The first-order valence-electron chi connectivity index (χ1n) is 9.59. The minimum Gasteiger partial charge on any atom is -0.368 e. The van der Waals surface area contributed by atoms with Gasteiger partial charge in [0.25, 0.3) is 5.91 Å². The van der Waals surface area contributed by atoms with Crippen molar-refractivity contribution in [3.63, 3.8) is 0 Å². The highest BCUT2D eigenvalue weighted by Crippen LogP contribution is 2.21. The van der Waals surface area contributed by atoms with Gasteiger partial charge in [0.15, 0.2) is 0 Å². The number of hydrogen-bond acceptors (Lipinski definition) is 4. The number of rotatable bonds is 5. The normalized spacial score (nSPS) is 21.0. The molecule has 2 aliphatic rings. The van der Waals surface area contributed by atoms with E-state index in [4.69, 9.17) is 4.74 Å². The summed E-state index contributed by atoms with van der Waals surface area (Å²) in [6.45, 7) is 7.93. The SMILES string of the molecule is CCc1cccc(C)c1NC(=O)CN1CCN(C(=O)C2CCCO2)CC1. The number of nitrogens with one attached hydrogen (secondary N) is 1. The molecule has 0 bridgehead atoms. The second-order valence-corrected chi connectivity index (χ2v) is 7.11. The minimum atomic E-state index is -0.252. The van der Waals surface area contributed by atoms with E-state index in [-0.39, 0.29) is 17.9 Å². The Morgan fingerprint density at radius 1 is 1.23 bits per heavy atom. The van der Waals surface area contributed by atoms with Gasteiger partial charge < -0.3 is 15.0 Å². The van der Waals surface area contributed by atoms with Gasteiger partial charge in [-0.3, -0.25) is 14.5 Å². The van der Waals surface area contributed by atoms with Crippen LogP contribution in [-0.4, -0.2) is 67.0 Å². The number of nitrogens with zero attached hydrogens (tertiary/aromatic N) is 2. The summed E-state index contributed by atoms with van der Waals surface area (Å²) >= 11 is 0. The van der Waals surface area contributed by atoms with Crippen molar-refractivity contribution in [1.82, 2.24) is 9.80 Å². The van der Waals surface area contributed by atoms with Gasteiger partial charge in [-0.1, -0.05) is 25.1 Å². The number of hydrogen-bond donors (Lipinski definition) is 1. The standard InChI is InChI=1S/C20H29N3O3/c1-3-16-7-4-6-15(2)19(16)21-18(24)14-22-9-11-23(12-10-22)20(25)17-8-5-13-26-17/h4,6-7,17H,3,5,8-14H2,1-2H3,(H,21,24). The van der Waals surface area contributed by atoms with Crippen molar-refractivity contribution in [3.05, 3.63) is 29.3 Å². The van der Waals surface area contributed by atoms with E-state index in [1.807, 2.05) is 24.0 Å². The van der Waals surface area contributed by atoms with Crippen LogP contribution in [0.1, 0.15) is 30.9 Å². The molecule has 0 spiro atoms. The van der Waals surface area contributed by atoms with Crippen molar-refractivity contribution in [2.75, 3.05) is 44.6 Å². The Bertz CT molecular complexity index is 648. The summed E-state index contributed by atoms with van der Waals surface area (Å²) in [5.41, 5.74) is 3.18. The van der Waals surface area contributed by atoms with Crippen LogP contribution in [0.25, 0.3) is 0 Å². The maximum absolute atomic E-state index is 12.5. The fourth-order valence-corrected chi connectivity index (χ4v) is 3.69. The molecule has 1 N–H and O–H groups in total. The predicted molar refractivity (Wildman–Crippen MR) is 101 cm³/mol. The molecule has 26 heavy (non-hydrogen) atoms. The Morgan fingerprint density at radius 2 is 2.00 bits per heavy atom. The van der Waals surface area contributed by atoms with Gasteiger partial charge in [0, 0.05) is 38.5 Å². The Kier molecular flexibility index (Phi) is 6.27. The number of carbonyl (C=O) groups excluding carboxylic acids is 2. The summed E-state index contributed by atoms with van der Waals surface area (Å²) in [5.74, 6) is 0.118. The average molecular weight is 359 g/mol. The third-order valence-electron chi connectivity index (χ3n) is 5.26. The van der Waals surface area contributed by atoms with Gasteiger partial charge in [0.05, 0.1) is 6.54 Å². The van der Waals surface area contributed by atoms with Crippen LogP contribution in [-0.2, 0) is 20.7 Å². The third-order valence-corrected chi connectivity index (χ3v) is 5.26. The minimum absolute atomic E-state index is 0.00732. The Balaban J connectivity index is 1.48. The second kappa shape index (κ2) is 8.64.